The number of aryl methyl sites for hydroxylation is 1. The standard InChI is InChI=1S/C16H22N2OS/c1-4-8-19-13-9-12(10-18-11-13)16(17-3)15-7-6-14(5-2)20-15/h6-7,9-11,16-17H,4-5,8H2,1-3H3. The molecule has 1 unspecified atom stereocenters. The van der Waals surface area contributed by atoms with Crippen molar-refractivity contribution >= 4 is 11.3 Å². The van der Waals surface area contributed by atoms with Gasteiger partial charge in [-0.3, -0.25) is 4.98 Å². The Labute approximate surface area is 125 Å². The lowest BCUT2D eigenvalue weighted by Crippen LogP contribution is -2.16. The molecule has 0 saturated heterocycles. The average Bonchev–Trinajstić information content (AvgIpc) is 2.95. The SMILES string of the molecule is CCCOc1cncc(C(NC)c2ccc(CC)s2)c1. The predicted molar refractivity (Wildman–Crippen MR) is 84.6 cm³/mol. The second-order valence-corrected chi connectivity index (χ2v) is 5.88. The first-order valence-electron chi connectivity index (χ1n) is 7.12. The normalized spacial score (nSPS) is 12.3. The first-order valence-corrected chi connectivity index (χ1v) is 7.93. The first-order chi connectivity index (χ1) is 9.78. The van der Waals surface area contributed by atoms with E-state index in [1.54, 1.807) is 6.20 Å². The zero-order valence-electron chi connectivity index (χ0n) is 12.3. The van der Waals surface area contributed by atoms with Crippen LogP contribution in [0.25, 0.3) is 0 Å². The van der Waals surface area contributed by atoms with E-state index >= 15 is 0 Å². The lowest BCUT2D eigenvalue weighted by atomic mass is 10.1. The summed E-state index contributed by atoms with van der Waals surface area (Å²) >= 11 is 1.85. The Bertz CT molecular complexity index is 539. The zero-order chi connectivity index (χ0) is 14.4. The van der Waals surface area contributed by atoms with E-state index in [1.165, 1.54) is 9.75 Å². The van der Waals surface area contributed by atoms with Crippen LogP contribution in [0.5, 0.6) is 5.75 Å². The van der Waals surface area contributed by atoms with Crippen LogP contribution in [-0.2, 0) is 6.42 Å². The van der Waals surface area contributed by atoms with Crippen molar-refractivity contribution in [2.24, 2.45) is 0 Å². The van der Waals surface area contributed by atoms with Crippen molar-refractivity contribution in [2.75, 3.05) is 13.7 Å². The molecule has 4 heteroatoms. The fourth-order valence-corrected chi connectivity index (χ4v) is 3.20. The molecule has 20 heavy (non-hydrogen) atoms. The van der Waals surface area contributed by atoms with Crippen molar-refractivity contribution in [1.82, 2.24) is 10.3 Å². The van der Waals surface area contributed by atoms with Gasteiger partial charge in [-0.25, -0.2) is 0 Å². The van der Waals surface area contributed by atoms with Gasteiger partial charge in [-0.1, -0.05) is 13.8 Å². The second kappa shape index (κ2) is 7.41. The maximum absolute atomic E-state index is 5.67. The Balaban J connectivity index is 2.22. The number of aromatic nitrogens is 1. The molecular weight excluding hydrogens is 268 g/mol. The highest BCUT2D eigenvalue weighted by atomic mass is 32.1. The molecule has 2 aromatic rings. The average molecular weight is 290 g/mol. The third-order valence-electron chi connectivity index (χ3n) is 3.14. The van der Waals surface area contributed by atoms with Gasteiger partial charge in [0.05, 0.1) is 18.8 Å². The minimum absolute atomic E-state index is 0.179. The van der Waals surface area contributed by atoms with E-state index < -0.39 is 0 Å². The van der Waals surface area contributed by atoms with Crippen molar-refractivity contribution < 1.29 is 4.74 Å². The Morgan fingerprint density at radius 2 is 2.15 bits per heavy atom. The number of hydrogen-bond acceptors (Lipinski definition) is 4. The summed E-state index contributed by atoms with van der Waals surface area (Å²) in [4.78, 5) is 7.03. The van der Waals surface area contributed by atoms with Gasteiger partial charge in [-0.15, -0.1) is 11.3 Å². The number of pyridine rings is 1. The van der Waals surface area contributed by atoms with Crippen molar-refractivity contribution in [3.63, 3.8) is 0 Å². The van der Waals surface area contributed by atoms with Gasteiger partial charge in [0.2, 0.25) is 0 Å². The summed E-state index contributed by atoms with van der Waals surface area (Å²) < 4.78 is 5.67. The molecule has 2 aromatic heterocycles. The molecule has 1 atom stereocenters. The van der Waals surface area contributed by atoms with Gasteiger partial charge >= 0.3 is 0 Å². The van der Waals surface area contributed by atoms with Crippen molar-refractivity contribution in [2.45, 2.75) is 32.7 Å². The lowest BCUT2D eigenvalue weighted by Gasteiger charge is -2.15. The molecule has 0 saturated carbocycles. The highest BCUT2D eigenvalue weighted by molar-refractivity contribution is 7.12. The van der Waals surface area contributed by atoms with Gasteiger partial charge in [-0.2, -0.15) is 0 Å². The zero-order valence-corrected chi connectivity index (χ0v) is 13.2. The molecule has 0 fully saturated rings. The Morgan fingerprint density at radius 1 is 1.30 bits per heavy atom. The number of nitrogens with zero attached hydrogens (tertiary/aromatic N) is 1. The van der Waals surface area contributed by atoms with Gasteiger partial charge in [0, 0.05) is 16.0 Å². The number of thiophene rings is 1. The fourth-order valence-electron chi connectivity index (χ4n) is 2.11. The molecule has 3 nitrogen and oxygen atoms in total. The molecular formula is C16H22N2OS. The Morgan fingerprint density at radius 3 is 2.80 bits per heavy atom. The molecule has 0 aliphatic rings. The van der Waals surface area contributed by atoms with E-state index in [9.17, 15) is 0 Å². The van der Waals surface area contributed by atoms with Crippen LogP contribution in [0.1, 0.15) is 41.6 Å². The van der Waals surface area contributed by atoms with Crippen molar-refractivity contribution in [1.29, 1.82) is 0 Å². The third-order valence-corrected chi connectivity index (χ3v) is 4.44. The van der Waals surface area contributed by atoms with Crippen LogP contribution in [0, 0.1) is 0 Å². The smallest absolute Gasteiger partial charge is 0.137 e. The van der Waals surface area contributed by atoms with Crippen LogP contribution in [0.2, 0.25) is 0 Å². The van der Waals surface area contributed by atoms with Gasteiger partial charge in [0.1, 0.15) is 5.75 Å². The van der Waals surface area contributed by atoms with E-state index in [0.717, 1.165) is 30.8 Å². The van der Waals surface area contributed by atoms with Crippen LogP contribution < -0.4 is 10.1 Å². The van der Waals surface area contributed by atoms with Crippen LogP contribution in [0.15, 0.2) is 30.6 Å². The number of ether oxygens (including phenoxy) is 1. The predicted octanol–water partition coefficient (Wildman–Crippen LogP) is 3.80. The minimum atomic E-state index is 0.179. The minimum Gasteiger partial charge on any atom is -0.492 e. The first kappa shape index (κ1) is 15.0. The quantitative estimate of drug-likeness (QED) is 0.842. The molecule has 0 spiro atoms. The van der Waals surface area contributed by atoms with Crippen LogP contribution >= 0.6 is 11.3 Å². The topological polar surface area (TPSA) is 34.1 Å². The molecule has 2 heterocycles. The number of nitrogens with one attached hydrogen (secondary N) is 1. The summed E-state index contributed by atoms with van der Waals surface area (Å²) in [6.45, 7) is 5.02. The Kier molecular flexibility index (Phi) is 5.56. The molecule has 0 aliphatic carbocycles. The maximum Gasteiger partial charge on any atom is 0.137 e. The van der Waals surface area contributed by atoms with Gasteiger partial charge in [-0.05, 0) is 43.7 Å². The summed E-state index contributed by atoms with van der Waals surface area (Å²) in [5.41, 5.74) is 1.14. The van der Waals surface area contributed by atoms with E-state index in [0.29, 0.717) is 0 Å². The molecule has 0 amide bonds. The molecule has 108 valence electrons. The number of rotatable bonds is 7. The van der Waals surface area contributed by atoms with E-state index in [4.69, 9.17) is 4.74 Å². The molecule has 0 radical (unpaired) electrons. The van der Waals surface area contributed by atoms with Gasteiger partial charge in [0.15, 0.2) is 0 Å². The molecule has 0 aromatic carbocycles. The van der Waals surface area contributed by atoms with Crippen LogP contribution in [0.4, 0.5) is 0 Å². The third kappa shape index (κ3) is 3.58. The second-order valence-electron chi connectivity index (χ2n) is 4.68. The molecule has 0 aliphatic heterocycles. The van der Waals surface area contributed by atoms with Crippen LogP contribution in [-0.4, -0.2) is 18.6 Å². The van der Waals surface area contributed by atoms with E-state index in [-0.39, 0.29) is 6.04 Å². The van der Waals surface area contributed by atoms with Crippen molar-refractivity contribution in [3.05, 3.63) is 45.9 Å². The van der Waals surface area contributed by atoms with E-state index in [2.05, 4.69) is 42.3 Å². The highest BCUT2D eigenvalue weighted by Crippen LogP contribution is 2.29. The van der Waals surface area contributed by atoms with Gasteiger partial charge < -0.3 is 10.1 Å². The van der Waals surface area contributed by atoms with E-state index in [1.807, 2.05) is 24.6 Å². The highest BCUT2D eigenvalue weighted by Gasteiger charge is 2.15. The summed E-state index contributed by atoms with van der Waals surface area (Å²) in [5, 5.41) is 3.37. The summed E-state index contributed by atoms with van der Waals surface area (Å²) in [7, 11) is 1.98. The lowest BCUT2D eigenvalue weighted by molar-refractivity contribution is 0.315. The maximum atomic E-state index is 5.67. The summed E-state index contributed by atoms with van der Waals surface area (Å²) in [6.07, 6.45) is 5.77. The number of hydrogen-bond donors (Lipinski definition) is 1. The Hall–Kier alpha value is -1.39. The molecule has 1 N–H and O–H groups in total. The molecule has 0 bridgehead atoms. The summed E-state index contributed by atoms with van der Waals surface area (Å²) in [5.74, 6) is 0.844. The van der Waals surface area contributed by atoms with Crippen molar-refractivity contribution in [3.8, 4) is 5.75 Å². The summed E-state index contributed by atoms with van der Waals surface area (Å²) in [6, 6.07) is 6.66. The monoisotopic (exact) mass is 290 g/mol. The fraction of sp³-hybridized carbons (Fsp3) is 0.438. The van der Waals surface area contributed by atoms with Gasteiger partial charge in [0.25, 0.3) is 0 Å². The molecule has 2 rings (SSSR count). The largest absolute Gasteiger partial charge is 0.492 e. The van der Waals surface area contributed by atoms with Crippen LogP contribution in [0.3, 0.4) is 0 Å².